The second-order valence-electron chi connectivity index (χ2n) is 6.82. The van der Waals surface area contributed by atoms with Gasteiger partial charge in [-0.05, 0) is 24.3 Å². The van der Waals surface area contributed by atoms with E-state index in [1.54, 1.807) is 17.2 Å². The maximum Gasteiger partial charge on any atom is 0.228 e. The zero-order valence-electron chi connectivity index (χ0n) is 15.6. The second kappa shape index (κ2) is 7.51. The summed E-state index contributed by atoms with van der Waals surface area (Å²) in [6.45, 7) is 1.27. The Hall–Kier alpha value is -3.07. The minimum Gasteiger partial charge on any atom is -0.368 e. The zero-order valence-corrected chi connectivity index (χ0v) is 15.6. The molecule has 4 rings (SSSR count). The molecule has 9 heteroatoms. The summed E-state index contributed by atoms with van der Waals surface area (Å²) < 4.78 is 24.5. The quantitative estimate of drug-likeness (QED) is 0.679. The second-order valence-corrected chi connectivity index (χ2v) is 6.82. The van der Waals surface area contributed by atoms with Crippen molar-refractivity contribution >= 4 is 22.8 Å². The number of ether oxygens (including phenoxy) is 1. The van der Waals surface area contributed by atoms with Crippen LogP contribution in [-0.4, -0.2) is 59.7 Å². The molecule has 0 saturated carbocycles. The van der Waals surface area contributed by atoms with E-state index in [-0.39, 0.29) is 18.4 Å². The maximum atomic E-state index is 13.5. The van der Waals surface area contributed by atoms with E-state index in [9.17, 15) is 9.18 Å². The molecule has 3 aromatic rings. The Labute approximate surface area is 160 Å². The van der Waals surface area contributed by atoms with Crippen molar-refractivity contribution in [2.75, 3.05) is 38.7 Å². The monoisotopic (exact) mass is 385 g/mol. The number of hydrogen-bond donors (Lipinski definition) is 0. The first-order chi connectivity index (χ1) is 13.5. The molecule has 1 aliphatic heterocycles. The van der Waals surface area contributed by atoms with Crippen LogP contribution in [0.4, 0.5) is 10.3 Å². The molecule has 3 heterocycles. The molecule has 0 spiro atoms. The van der Waals surface area contributed by atoms with Gasteiger partial charge in [0.05, 0.1) is 25.3 Å². The molecule has 1 atom stereocenters. The molecule has 28 heavy (non-hydrogen) atoms. The van der Waals surface area contributed by atoms with Crippen molar-refractivity contribution in [3.05, 3.63) is 47.7 Å². The minimum absolute atomic E-state index is 0.0376. The number of fused-ring (bicyclic) bond motifs is 1. The summed E-state index contributed by atoms with van der Waals surface area (Å²) in [4.78, 5) is 25.0. The number of halogens is 1. The molecule has 1 aliphatic rings. The van der Waals surface area contributed by atoms with Crippen molar-refractivity contribution in [2.24, 2.45) is 0 Å². The van der Waals surface area contributed by atoms with E-state index in [0.717, 1.165) is 5.69 Å². The van der Waals surface area contributed by atoms with Crippen molar-refractivity contribution in [1.82, 2.24) is 20.0 Å². The molecule has 2 aromatic heterocycles. The third kappa shape index (κ3) is 3.65. The topological polar surface area (TPSA) is 84.6 Å². The highest BCUT2D eigenvalue weighted by atomic mass is 19.1. The summed E-state index contributed by atoms with van der Waals surface area (Å²) in [6, 6.07) is 5.93. The van der Waals surface area contributed by atoms with E-state index >= 15 is 0 Å². The van der Waals surface area contributed by atoms with Gasteiger partial charge in [-0.2, -0.15) is 0 Å². The van der Waals surface area contributed by atoms with E-state index in [1.165, 1.54) is 18.2 Å². The van der Waals surface area contributed by atoms with Crippen LogP contribution in [0.5, 0.6) is 0 Å². The fourth-order valence-electron chi connectivity index (χ4n) is 3.15. The van der Waals surface area contributed by atoms with Gasteiger partial charge in [-0.1, -0.05) is 5.16 Å². The van der Waals surface area contributed by atoms with Crippen molar-refractivity contribution in [3.8, 4) is 0 Å². The summed E-state index contributed by atoms with van der Waals surface area (Å²) in [5, 5.41) is 4.45. The fraction of sp³-hybridized carbons (Fsp3) is 0.368. The molecular formula is C19H20FN5O3. The maximum absolute atomic E-state index is 13.5. The van der Waals surface area contributed by atoms with Gasteiger partial charge in [0, 0.05) is 32.2 Å². The summed E-state index contributed by atoms with van der Waals surface area (Å²) in [7, 11) is 3.73. The predicted octanol–water partition coefficient (Wildman–Crippen LogP) is 1.97. The first-order valence-corrected chi connectivity index (χ1v) is 8.94. The van der Waals surface area contributed by atoms with Gasteiger partial charge in [0.1, 0.15) is 17.6 Å². The lowest BCUT2D eigenvalue weighted by molar-refractivity contribution is -0.138. The van der Waals surface area contributed by atoms with Gasteiger partial charge in [-0.15, -0.1) is 0 Å². The highest BCUT2D eigenvalue weighted by molar-refractivity contribution is 5.86. The Bertz CT molecular complexity index is 1010. The molecule has 0 N–H and O–H groups in total. The predicted molar refractivity (Wildman–Crippen MR) is 99.3 cm³/mol. The molecule has 8 nitrogen and oxygen atoms in total. The smallest absolute Gasteiger partial charge is 0.228 e. The van der Waals surface area contributed by atoms with E-state index in [2.05, 4.69) is 15.1 Å². The Balaban J connectivity index is 1.49. The highest BCUT2D eigenvalue weighted by Gasteiger charge is 2.27. The lowest BCUT2D eigenvalue weighted by atomic mass is 10.1. The Kier molecular flexibility index (Phi) is 4.91. The summed E-state index contributed by atoms with van der Waals surface area (Å²) in [5.74, 6) is 0.0755. The van der Waals surface area contributed by atoms with Crippen LogP contribution in [0.3, 0.4) is 0 Å². The molecule has 0 aliphatic carbocycles. The average Bonchev–Trinajstić information content (AvgIpc) is 3.10. The van der Waals surface area contributed by atoms with Crippen LogP contribution in [0.25, 0.3) is 11.0 Å². The number of nitrogens with zero attached hydrogens (tertiary/aromatic N) is 5. The van der Waals surface area contributed by atoms with Crippen LogP contribution >= 0.6 is 0 Å². The van der Waals surface area contributed by atoms with Gasteiger partial charge in [-0.25, -0.2) is 14.4 Å². The van der Waals surface area contributed by atoms with Gasteiger partial charge in [-0.3, -0.25) is 4.79 Å². The number of anilines is 1. The zero-order chi connectivity index (χ0) is 19.7. The molecule has 1 fully saturated rings. The standard InChI is InChI=1S/C19H20FN5O3/c1-24(2)19-21-6-5-14(22-19)17-11-25(7-8-27-17)18(26)10-15-13-9-12(20)3-4-16(13)28-23-15/h3-6,9,17H,7-8,10-11H2,1-2H3/t17-/m0/s1. The van der Waals surface area contributed by atoms with E-state index in [4.69, 9.17) is 9.26 Å². The number of morpholine rings is 1. The number of hydrogen-bond acceptors (Lipinski definition) is 7. The summed E-state index contributed by atoms with van der Waals surface area (Å²) >= 11 is 0. The van der Waals surface area contributed by atoms with Crippen LogP contribution in [0.2, 0.25) is 0 Å². The number of amides is 1. The summed E-state index contributed by atoms with van der Waals surface area (Å²) in [6.07, 6.45) is 1.39. The largest absolute Gasteiger partial charge is 0.368 e. The van der Waals surface area contributed by atoms with Crippen LogP contribution in [0.1, 0.15) is 17.5 Å². The number of carbonyl (C=O) groups excluding carboxylic acids is 1. The molecular weight excluding hydrogens is 365 g/mol. The molecule has 0 radical (unpaired) electrons. The Morgan fingerprint density at radius 3 is 3.04 bits per heavy atom. The van der Waals surface area contributed by atoms with Crippen LogP contribution < -0.4 is 4.90 Å². The van der Waals surface area contributed by atoms with Crippen LogP contribution in [0, 0.1) is 5.82 Å². The Morgan fingerprint density at radius 1 is 1.36 bits per heavy atom. The van der Waals surface area contributed by atoms with Crippen LogP contribution in [0.15, 0.2) is 35.0 Å². The normalized spacial score (nSPS) is 17.1. The van der Waals surface area contributed by atoms with Gasteiger partial charge in [0.2, 0.25) is 11.9 Å². The third-order valence-corrected chi connectivity index (χ3v) is 4.64. The fourth-order valence-corrected chi connectivity index (χ4v) is 3.15. The minimum atomic E-state index is -0.392. The lowest BCUT2D eigenvalue weighted by Gasteiger charge is -2.32. The lowest BCUT2D eigenvalue weighted by Crippen LogP contribution is -2.43. The van der Waals surface area contributed by atoms with Gasteiger partial charge < -0.3 is 19.1 Å². The average molecular weight is 385 g/mol. The first kappa shape index (κ1) is 18.3. The molecule has 1 amide bonds. The molecule has 146 valence electrons. The Morgan fingerprint density at radius 2 is 2.21 bits per heavy atom. The van der Waals surface area contributed by atoms with E-state index in [0.29, 0.717) is 42.3 Å². The van der Waals surface area contributed by atoms with Crippen molar-refractivity contribution in [3.63, 3.8) is 0 Å². The van der Waals surface area contributed by atoms with Crippen molar-refractivity contribution in [2.45, 2.75) is 12.5 Å². The van der Waals surface area contributed by atoms with Crippen molar-refractivity contribution < 1.29 is 18.4 Å². The first-order valence-electron chi connectivity index (χ1n) is 8.94. The molecule has 0 unspecified atom stereocenters. The number of aromatic nitrogens is 3. The number of carbonyl (C=O) groups is 1. The number of benzene rings is 1. The molecule has 1 saturated heterocycles. The van der Waals surface area contributed by atoms with Gasteiger partial charge in [0.15, 0.2) is 5.58 Å². The third-order valence-electron chi connectivity index (χ3n) is 4.64. The van der Waals surface area contributed by atoms with E-state index in [1.807, 2.05) is 19.0 Å². The SMILES string of the molecule is CN(C)c1nccc([C@@H]2CN(C(=O)Cc3noc4ccc(F)cc34)CCO2)n1. The molecule has 0 bridgehead atoms. The summed E-state index contributed by atoms with van der Waals surface area (Å²) in [5.41, 5.74) is 1.62. The van der Waals surface area contributed by atoms with Crippen molar-refractivity contribution in [1.29, 1.82) is 0 Å². The highest BCUT2D eigenvalue weighted by Crippen LogP contribution is 2.24. The van der Waals surface area contributed by atoms with Gasteiger partial charge >= 0.3 is 0 Å². The number of rotatable bonds is 4. The van der Waals surface area contributed by atoms with Gasteiger partial charge in [0.25, 0.3) is 0 Å². The van der Waals surface area contributed by atoms with Crippen LogP contribution in [-0.2, 0) is 16.0 Å². The van der Waals surface area contributed by atoms with E-state index < -0.39 is 5.82 Å². The molecule has 1 aromatic carbocycles.